The van der Waals surface area contributed by atoms with Crippen molar-refractivity contribution in [2.75, 3.05) is 6.61 Å². The molecule has 1 N–H and O–H groups in total. The minimum atomic E-state index is -0.317. The lowest BCUT2D eigenvalue weighted by atomic mass is 10.2. The first-order chi connectivity index (χ1) is 13.0. The molecule has 1 amide bonds. The highest BCUT2D eigenvalue weighted by Gasteiger charge is 2.09. The van der Waals surface area contributed by atoms with E-state index in [0.29, 0.717) is 29.0 Å². The Morgan fingerprint density at radius 2 is 1.93 bits per heavy atom. The maximum Gasteiger partial charge on any atom is 0.258 e. The number of halogens is 2. The lowest BCUT2D eigenvalue weighted by molar-refractivity contribution is -0.123. The molecule has 0 radical (unpaired) electrons. The molecule has 0 aliphatic heterocycles. The van der Waals surface area contributed by atoms with Gasteiger partial charge in [0.15, 0.2) is 12.4 Å². The van der Waals surface area contributed by atoms with Crippen molar-refractivity contribution < 1.29 is 13.9 Å². The van der Waals surface area contributed by atoms with E-state index < -0.39 is 0 Å². The lowest BCUT2D eigenvalue weighted by Gasteiger charge is -2.09. The Bertz CT molecular complexity index is 948. The third-order valence-corrected chi connectivity index (χ3v) is 3.90. The van der Waals surface area contributed by atoms with Crippen LogP contribution in [0.3, 0.4) is 0 Å². The summed E-state index contributed by atoms with van der Waals surface area (Å²) in [6, 6.07) is 14.8. The Morgan fingerprint density at radius 1 is 1.15 bits per heavy atom. The van der Waals surface area contributed by atoms with Crippen molar-refractivity contribution in [2.24, 2.45) is 0 Å². The number of ether oxygens (including phenoxy) is 1. The van der Waals surface area contributed by atoms with Crippen LogP contribution in [0.15, 0.2) is 54.6 Å². The molecule has 5 nitrogen and oxygen atoms in total. The monoisotopic (exact) mass is 385 g/mol. The molecule has 1 aromatic heterocycles. The maximum atomic E-state index is 12.9. The van der Waals surface area contributed by atoms with Crippen LogP contribution in [0.5, 0.6) is 5.88 Å². The second-order valence-electron chi connectivity index (χ2n) is 5.87. The summed E-state index contributed by atoms with van der Waals surface area (Å²) in [6.45, 7) is 1.92. The van der Waals surface area contributed by atoms with Crippen LogP contribution in [0.1, 0.15) is 11.3 Å². The molecule has 0 aliphatic rings. The van der Waals surface area contributed by atoms with Crippen LogP contribution in [-0.4, -0.2) is 22.5 Å². The predicted octanol–water partition coefficient (Wildman–Crippen LogP) is 3.94. The molecular weight excluding hydrogens is 369 g/mol. The molecule has 138 valence electrons. The molecule has 0 atom stereocenters. The van der Waals surface area contributed by atoms with E-state index in [2.05, 4.69) is 15.3 Å². The van der Waals surface area contributed by atoms with E-state index in [1.54, 1.807) is 30.3 Å². The second-order valence-corrected chi connectivity index (χ2v) is 6.31. The molecule has 0 aliphatic carbocycles. The molecule has 3 aromatic rings. The zero-order chi connectivity index (χ0) is 19.2. The van der Waals surface area contributed by atoms with Crippen molar-refractivity contribution in [2.45, 2.75) is 13.5 Å². The average molecular weight is 386 g/mol. The molecule has 0 fully saturated rings. The van der Waals surface area contributed by atoms with Gasteiger partial charge in [-0.05, 0) is 36.8 Å². The van der Waals surface area contributed by atoms with E-state index >= 15 is 0 Å². The van der Waals surface area contributed by atoms with Gasteiger partial charge in [-0.15, -0.1) is 0 Å². The van der Waals surface area contributed by atoms with Gasteiger partial charge >= 0.3 is 0 Å². The standard InChI is InChI=1S/C20H17ClFN3O2/c1-13-9-19(25-20(24-13)15-3-2-4-16(21)10-15)27-12-18(26)23-11-14-5-7-17(22)8-6-14/h2-10H,11-12H2,1H3,(H,23,26). The van der Waals surface area contributed by atoms with Gasteiger partial charge in [-0.3, -0.25) is 4.79 Å². The minimum absolute atomic E-state index is 0.188. The van der Waals surface area contributed by atoms with Crippen LogP contribution >= 0.6 is 11.6 Å². The summed E-state index contributed by atoms with van der Waals surface area (Å²) in [4.78, 5) is 20.7. The van der Waals surface area contributed by atoms with Gasteiger partial charge in [-0.2, -0.15) is 4.98 Å². The number of benzene rings is 2. The Morgan fingerprint density at radius 3 is 2.67 bits per heavy atom. The Labute approximate surface area is 161 Å². The highest BCUT2D eigenvalue weighted by molar-refractivity contribution is 6.30. The highest BCUT2D eigenvalue weighted by atomic mass is 35.5. The molecule has 0 bridgehead atoms. The number of carbonyl (C=O) groups is 1. The second kappa shape index (κ2) is 8.60. The first kappa shape index (κ1) is 18.8. The number of hydrogen-bond acceptors (Lipinski definition) is 4. The normalized spacial score (nSPS) is 10.5. The van der Waals surface area contributed by atoms with Gasteiger partial charge in [0.2, 0.25) is 5.88 Å². The summed E-state index contributed by atoms with van der Waals surface area (Å²) in [6.07, 6.45) is 0. The summed E-state index contributed by atoms with van der Waals surface area (Å²) < 4.78 is 18.4. The van der Waals surface area contributed by atoms with Crippen molar-refractivity contribution in [3.63, 3.8) is 0 Å². The van der Waals surface area contributed by atoms with E-state index in [1.165, 1.54) is 12.1 Å². The number of hydrogen-bond donors (Lipinski definition) is 1. The minimum Gasteiger partial charge on any atom is -0.467 e. The number of aryl methyl sites for hydroxylation is 1. The van der Waals surface area contributed by atoms with E-state index in [-0.39, 0.29) is 18.3 Å². The number of amides is 1. The first-order valence-corrected chi connectivity index (χ1v) is 8.63. The fourth-order valence-corrected chi connectivity index (χ4v) is 2.55. The van der Waals surface area contributed by atoms with Gasteiger partial charge < -0.3 is 10.1 Å². The largest absolute Gasteiger partial charge is 0.467 e. The molecule has 2 aromatic carbocycles. The number of aromatic nitrogens is 2. The van der Waals surface area contributed by atoms with Gasteiger partial charge in [0, 0.05) is 28.9 Å². The molecule has 3 rings (SSSR count). The molecule has 0 saturated heterocycles. The first-order valence-electron chi connectivity index (χ1n) is 8.25. The van der Waals surface area contributed by atoms with Crippen molar-refractivity contribution >= 4 is 17.5 Å². The fourth-order valence-electron chi connectivity index (χ4n) is 2.36. The molecule has 0 spiro atoms. The van der Waals surface area contributed by atoms with Crippen LogP contribution < -0.4 is 10.1 Å². The van der Waals surface area contributed by atoms with E-state index in [9.17, 15) is 9.18 Å². The molecular formula is C20H17ClFN3O2. The number of carbonyl (C=O) groups excluding carboxylic acids is 1. The number of nitrogens with one attached hydrogen (secondary N) is 1. The lowest BCUT2D eigenvalue weighted by Crippen LogP contribution is -2.28. The van der Waals surface area contributed by atoms with E-state index in [0.717, 1.165) is 11.1 Å². The third-order valence-electron chi connectivity index (χ3n) is 3.67. The quantitative estimate of drug-likeness (QED) is 0.698. The van der Waals surface area contributed by atoms with Crippen molar-refractivity contribution in [1.29, 1.82) is 0 Å². The summed E-state index contributed by atoms with van der Waals surface area (Å²) in [5.74, 6) is 0.150. The molecule has 27 heavy (non-hydrogen) atoms. The van der Waals surface area contributed by atoms with Crippen molar-refractivity contribution in [1.82, 2.24) is 15.3 Å². The Kier molecular flexibility index (Phi) is 5.98. The summed E-state index contributed by atoms with van der Waals surface area (Å²) in [7, 11) is 0. The summed E-state index contributed by atoms with van der Waals surface area (Å²) in [5.41, 5.74) is 2.27. The molecule has 1 heterocycles. The third kappa shape index (κ3) is 5.49. The van der Waals surface area contributed by atoms with Crippen LogP contribution in [0.2, 0.25) is 5.02 Å². The summed E-state index contributed by atoms with van der Waals surface area (Å²) >= 11 is 6.01. The SMILES string of the molecule is Cc1cc(OCC(=O)NCc2ccc(F)cc2)nc(-c2cccc(Cl)c2)n1. The average Bonchev–Trinajstić information content (AvgIpc) is 2.65. The van der Waals surface area contributed by atoms with Gasteiger partial charge in [0.05, 0.1) is 0 Å². The number of rotatable bonds is 6. The smallest absolute Gasteiger partial charge is 0.258 e. The zero-order valence-corrected chi connectivity index (χ0v) is 15.3. The van der Waals surface area contributed by atoms with Gasteiger partial charge in [0.25, 0.3) is 5.91 Å². The summed E-state index contributed by atoms with van der Waals surface area (Å²) in [5, 5.41) is 3.29. The van der Waals surface area contributed by atoms with Gasteiger partial charge in [-0.1, -0.05) is 35.9 Å². The van der Waals surface area contributed by atoms with Crippen LogP contribution in [-0.2, 0) is 11.3 Å². The Hall–Kier alpha value is -2.99. The van der Waals surface area contributed by atoms with Crippen LogP contribution in [0.4, 0.5) is 4.39 Å². The van der Waals surface area contributed by atoms with E-state index in [1.807, 2.05) is 19.1 Å². The van der Waals surface area contributed by atoms with Crippen molar-refractivity contribution in [3.05, 3.63) is 76.7 Å². The zero-order valence-electron chi connectivity index (χ0n) is 14.6. The van der Waals surface area contributed by atoms with Gasteiger partial charge in [-0.25, -0.2) is 9.37 Å². The van der Waals surface area contributed by atoms with E-state index in [4.69, 9.17) is 16.3 Å². The molecule has 0 unspecified atom stereocenters. The molecule has 0 saturated carbocycles. The van der Waals surface area contributed by atoms with Crippen LogP contribution in [0, 0.1) is 12.7 Å². The maximum absolute atomic E-state index is 12.9. The fraction of sp³-hybridized carbons (Fsp3) is 0.150. The van der Waals surface area contributed by atoms with Crippen LogP contribution in [0.25, 0.3) is 11.4 Å². The number of nitrogens with zero attached hydrogens (tertiary/aromatic N) is 2. The Balaban J connectivity index is 1.60. The molecule has 7 heteroatoms. The topological polar surface area (TPSA) is 64.1 Å². The highest BCUT2D eigenvalue weighted by Crippen LogP contribution is 2.22. The predicted molar refractivity (Wildman–Crippen MR) is 101 cm³/mol. The van der Waals surface area contributed by atoms with Gasteiger partial charge in [0.1, 0.15) is 5.82 Å². The van der Waals surface area contributed by atoms with Crippen molar-refractivity contribution in [3.8, 4) is 17.3 Å².